The number of hydrogen-bond acceptors (Lipinski definition) is 4. The normalized spacial score (nSPS) is 22.9. The van der Waals surface area contributed by atoms with E-state index in [0.29, 0.717) is 6.42 Å². The molecule has 2 rings (SSSR count). The number of hydrogen-bond donors (Lipinski definition) is 1. The molecule has 92 valence electrons. The summed E-state index contributed by atoms with van der Waals surface area (Å²) >= 11 is 1.56. The SMILES string of the molecule is O=C(/C=C/c1ccsc1)N[C@@H]1CCS(=O)(=O)C1. The molecule has 0 aromatic carbocycles. The second kappa shape index (κ2) is 5.01. The van der Waals surface area contributed by atoms with Gasteiger partial charge in [0.15, 0.2) is 9.84 Å². The largest absolute Gasteiger partial charge is 0.349 e. The summed E-state index contributed by atoms with van der Waals surface area (Å²) in [7, 11) is -2.94. The predicted molar refractivity (Wildman–Crippen MR) is 68.6 cm³/mol. The van der Waals surface area contributed by atoms with Gasteiger partial charge in [-0.3, -0.25) is 4.79 Å². The molecule has 1 aromatic heterocycles. The molecule has 1 aliphatic rings. The molecule has 1 amide bonds. The van der Waals surface area contributed by atoms with Crippen LogP contribution in [0.5, 0.6) is 0 Å². The smallest absolute Gasteiger partial charge is 0.244 e. The third-order valence-electron chi connectivity index (χ3n) is 2.55. The lowest BCUT2D eigenvalue weighted by atomic mass is 10.2. The van der Waals surface area contributed by atoms with Gasteiger partial charge in [-0.15, -0.1) is 0 Å². The molecule has 0 saturated carbocycles. The third-order valence-corrected chi connectivity index (χ3v) is 5.02. The van der Waals surface area contributed by atoms with E-state index in [1.54, 1.807) is 17.4 Å². The van der Waals surface area contributed by atoms with Crippen molar-refractivity contribution < 1.29 is 13.2 Å². The van der Waals surface area contributed by atoms with Crippen LogP contribution in [0.15, 0.2) is 22.9 Å². The van der Waals surface area contributed by atoms with Crippen molar-refractivity contribution in [2.45, 2.75) is 12.5 Å². The zero-order chi connectivity index (χ0) is 12.3. The quantitative estimate of drug-likeness (QED) is 0.836. The van der Waals surface area contributed by atoms with Crippen molar-refractivity contribution in [3.8, 4) is 0 Å². The molecule has 0 radical (unpaired) electrons. The van der Waals surface area contributed by atoms with Crippen LogP contribution in [-0.4, -0.2) is 31.9 Å². The molecule has 17 heavy (non-hydrogen) atoms. The van der Waals surface area contributed by atoms with Crippen LogP contribution in [0.25, 0.3) is 6.08 Å². The van der Waals surface area contributed by atoms with Crippen LogP contribution in [0.1, 0.15) is 12.0 Å². The van der Waals surface area contributed by atoms with E-state index in [0.717, 1.165) is 5.56 Å². The van der Waals surface area contributed by atoms with Gasteiger partial charge >= 0.3 is 0 Å². The number of nitrogens with one attached hydrogen (secondary N) is 1. The van der Waals surface area contributed by atoms with Crippen LogP contribution < -0.4 is 5.32 Å². The van der Waals surface area contributed by atoms with E-state index in [-0.39, 0.29) is 23.5 Å². The van der Waals surface area contributed by atoms with Crippen LogP contribution in [0.2, 0.25) is 0 Å². The number of amides is 1. The van der Waals surface area contributed by atoms with Gasteiger partial charge in [0.1, 0.15) is 0 Å². The summed E-state index contributed by atoms with van der Waals surface area (Å²) < 4.78 is 22.4. The highest BCUT2D eigenvalue weighted by Crippen LogP contribution is 2.11. The van der Waals surface area contributed by atoms with E-state index in [9.17, 15) is 13.2 Å². The van der Waals surface area contributed by atoms with E-state index in [1.807, 2.05) is 16.8 Å². The van der Waals surface area contributed by atoms with Crippen LogP contribution in [0, 0.1) is 0 Å². The summed E-state index contributed by atoms with van der Waals surface area (Å²) in [6, 6.07) is 1.67. The van der Waals surface area contributed by atoms with Gasteiger partial charge in [0, 0.05) is 12.1 Å². The first-order chi connectivity index (χ1) is 8.05. The third kappa shape index (κ3) is 3.67. The molecule has 0 unspecified atom stereocenters. The summed E-state index contributed by atoms with van der Waals surface area (Å²) in [5.74, 6) is -0.00433. The molecule has 1 N–H and O–H groups in total. The topological polar surface area (TPSA) is 63.2 Å². The summed E-state index contributed by atoms with van der Waals surface area (Å²) in [5, 5.41) is 6.56. The Bertz CT molecular complexity index is 517. The lowest BCUT2D eigenvalue weighted by molar-refractivity contribution is -0.116. The van der Waals surface area contributed by atoms with Gasteiger partial charge in [0.25, 0.3) is 0 Å². The molecular weight excluding hydrogens is 258 g/mol. The van der Waals surface area contributed by atoms with Gasteiger partial charge < -0.3 is 5.32 Å². The zero-order valence-corrected chi connectivity index (χ0v) is 10.8. The molecule has 1 atom stereocenters. The Morgan fingerprint density at radius 1 is 1.53 bits per heavy atom. The number of thiophene rings is 1. The summed E-state index contributed by atoms with van der Waals surface area (Å²) in [4.78, 5) is 11.5. The van der Waals surface area contributed by atoms with Crippen LogP contribution >= 0.6 is 11.3 Å². The standard InChI is InChI=1S/C11H13NO3S2/c13-11(2-1-9-3-5-16-7-9)12-10-4-6-17(14,15)8-10/h1-3,5,7,10H,4,6,8H2,(H,12,13)/b2-1+/t10-/m1/s1. The van der Waals surface area contributed by atoms with E-state index in [4.69, 9.17) is 0 Å². The number of carbonyl (C=O) groups is 1. The average molecular weight is 271 g/mol. The van der Waals surface area contributed by atoms with E-state index in [1.165, 1.54) is 6.08 Å². The van der Waals surface area contributed by atoms with Crippen LogP contribution in [0.3, 0.4) is 0 Å². The molecule has 1 fully saturated rings. The zero-order valence-electron chi connectivity index (χ0n) is 9.13. The average Bonchev–Trinajstić information content (AvgIpc) is 2.85. The molecular formula is C11H13NO3S2. The maximum atomic E-state index is 11.5. The Kier molecular flexibility index (Phi) is 3.63. The maximum absolute atomic E-state index is 11.5. The molecule has 0 spiro atoms. The molecule has 0 aliphatic carbocycles. The molecule has 0 bridgehead atoms. The molecule has 4 nitrogen and oxygen atoms in total. The second-order valence-electron chi connectivity index (χ2n) is 4.00. The molecule has 6 heteroatoms. The van der Waals surface area contributed by atoms with Crippen molar-refractivity contribution in [2.24, 2.45) is 0 Å². The van der Waals surface area contributed by atoms with Crippen molar-refractivity contribution in [2.75, 3.05) is 11.5 Å². The van der Waals surface area contributed by atoms with Gasteiger partial charge in [-0.2, -0.15) is 11.3 Å². The number of carbonyl (C=O) groups excluding carboxylic acids is 1. The van der Waals surface area contributed by atoms with Crippen LogP contribution in [0.4, 0.5) is 0 Å². The first kappa shape index (κ1) is 12.3. The molecule has 1 aromatic rings. The second-order valence-corrected chi connectivity index (χ2v) is 7.01. The highest BCUT2D eigenvalue weighted by molar-refractivity contribution is 7.91. The molecule has 1 aliphatic heterocycles. The van der Waals surface area contributed by atoms with Gasteiger partial charge in [-0.25, -0.2) is 8.42 Å². The van der Waals surface area contributed by atoms with Gasteiger partial charge in [-0.05, 0) is 34.9 Å². The first-order valence-corrected chi connectivity index (χ1v) is 8.03. The van der Waals surface area contributed by atoms with Crippen LogP contribution in [-0.2, 0) is 14.6 Å². The maximum Gasteiger partial charge on any atom is 0.244 e. The number of sulfone groups is 1. The van der Waals surface area contributed by atoms with Crippen molar-refractivity contribution >= 4 is 33.2 Å². The first-order valence-electron chi connectivity index (χ1n) is 5.26. The van der Waals surface area contributed by atoms with Crippen molar-refractivity contribution in [1.82, 2.24) is 5.32 Å². The minimum atomic E-state index is -2.94. The van der Waals surface area contributed by atoms with Crippen molar-refractivity contribution in [3.63, 3.8) is 0 Å². The minimum absolute atomic E-state index is 0.0605. The van der Waals surface area contributed by atoms with Gasteiger partial charge in [-0.1, -0.05) is 0 Å². The van der Waals surface area contributed by atoms with Gasteiger partial charge in [0.05, 0.1) is 11.5 Å². The fraction of sp³-hybridized carbons (Fsp3) is 0.364. The van der Waals surface area contributed by atoms with E-state index in [2.05, 4.69) is 5.32 Å². The fourth-order valence-corrected chi connectivity index (χ4v) is 4.00. The summed E-state index contributed by atoms with van der Waals surface area (Å²) in [6.45, 7) is 0. The highest BCUT2D eigenvalue weighted by Gasteiger charge is 2.28. The lowest BCUT2D eigenvalue weighted by Gasteiger charge is -2.07. The highest BCUT2D eigenvalue weighted by atomic mass is 32.2. The Labute approximate surface area is 104 Å². The Morgan fingerprint density at radius 2 is 2.35 bits per heavy atom. The molecule has 2 heterocycles. The van der Waals surface area contributed by atoms with Crippen molar-refractivity contribution in [1.29, 1.82) is 0 Å². The van der Waals surface area contributed by atoms with Gasteiger partial charge in [0.2, 0.25) is 5.91 Å². The van der Waals surface area contributed by atoms with Crippen molar-refractivity contribution in [3.05, 3.63) is 28.5 Å². The van der Waals surface area contributed by atoms with E-state index >= 15 is 0 Å². The molecule has 1 saturated heterocycles. The Balaban J connectivity index is 1.86. The monoisotopic (exact) mass is 271 g/mol. The fourth-order valence-electron chi connectivity index (χ4n) is 1.70. The summed E-state index contributed by atoms with van der Waals surface area (Å²) in [6.07, 6.45) is 3.67. The number of rotatable bonds is 3. The predicted octanol–water partition coefficient (Wildman–Crippen LogP) is 1.06. The Hall–Kier alpha value is -1.14. The van der Waals surface area contributed by atoms with E-state index < -0.39 is 9.84 Å². The lowest BCUT2D eigenvalue weighted by Crippen LogP contribution is -2.34. The summed E-state index contributed by atoms with van der Waals surface area (Å²) in [5.41, 5.74) is 0.976. The Morgan fingerprint density at radius 3 is 2.94 bits per heavy atom. The minimum Gasteiger partial charge on any atom is -0.349 e.